The lowest BCUT2D eigenvalue weighted by Crippen LogP contribution is -2.32. The van der Waals surface area contributed by atoms with Crippen molar-refractivity contribution >= 4 is 0 Å². The molecule has 0 bridgehead atoms. The molecule has 3 rings (SSSR count). The predicted molar refractivity (Wildman–Crippen MR) is 98.9 cm³/mol. The quantitative estimate of drug-likeness (QED) is 0.663. The zero-order valence-electron chi connectivity index (χ0n) is 14.4. The first-order valence-corrected chi connectivity index (χ1v) is 8.36. The summed E-state index contributed by atoms with van der Waals surface area (Å²) >= 11 is 0. The highest BCUT2D eigenvalue weighted by molar-refractivity contribution is 5.49. The molecule has 3 heteroatoms. The summed E-state index contributed by atoms with van der Waals surface area (Å²) in [6.07, 6.45) is 0. The number of hydrogen-bond acceptors (Lipinski definition) is 3. The van der Waals surface area contributed by atoms with E-state index in [4.69, 9.17) is 4.74 Å². The highest BCUT2D eigenvalue weighted by Gasteiger charge is 2.37. The first kappa shape index (κ1) is 17.1. The molecule has 2 N–H and O–H groups in total. The molecule has 0 atom stereocenters. The molecule has 0 aliphatic carbocycles. The minimum absolute atomic E-state index is 0.212. The lowest BCUT2D eigenvalue weighted by atomic mass is 9.79. The van der Waals surface area contributed by atoms with Crippen LogP contribution in [0.5, 0.6) is 11.5 Å². The van der Waals surface area contributed by atoms with Gasteiger partial charge in [0.1, 0.15) is 17.1 Å². The van der Waals surface area contributed by atoms with Gasteiger partial charge in [-0.3, -0.25) is 0 Å². The second-order valence-corrected chi connectivity index (χ2v) is 6.07. The summed E-state index contributed by atoms with van der Waals surface area (Å²) in [5, 5.41) is 19.4. The van der Waals surface area contributed by atoms with Crippen LogP contribution >= 0.6 is 0 Å². The lowest BCUT2D eigenvalue weighted by Gasteiger charge is -2.35. The molecule has 25 heavy (non-hydrogen) atoms. The molecule has 128 valence electrons. The van der Waals surface area contributed by atoms with E-state index in [-0.39, 0.29) is 11.5 Å². The van der Waals surface area contributed by atoms with Crippen LogP contribution < -0.4 is 0 Å². The average Bonchev–Trinajstić information content (AvgIpc) is 2.62. The number of benzene rings is 3. The Balaban J connectivity index is 2.28. The van der Waals surface area contributed by atoms with E-state index in [2.05, 4.69) is 24.3 Å². The van der Waals surface area contributed by atoms with Crippen molar-refractivity contribution in [2.75, 3.05) is 6.61 Å². The van der Waals surface area contributed by atoms with Gasteiger partial charge in [-0.05, 0) is 54.8 Å². The molecule has 0 aliphatic heterocycles. The smallest absolute Gasteiger partial charge is 0.143 e. The molecular weight excluding hydrogens is 312 g/mol. The van der Waals surface area contributed by atoms with E-state index in [1.54, 1.807) is 24.3 Å². The summed E-state index contributed by atoms with van der Waals surface area (Å²) in [5.41, 5.74) is 3.19. The normalized spacial score (nSPS) is 11.4. The maximum Gasteiger partial charge on any atom is 0.143 e. The molecule has 0 heterocycles. The zero-order valence-corrected chi connectivity index (χ0v) is 14.4. The number of phenols is 2. The van der Waals surface area contributed by atoms with E-state index < -0.39 is 5.60 Å². The van der Waals surface area contributed by atoms with Crippen molar-refractivity contribution in [3.05, 3.63) is 95.1 Å². The third-order valence-electron chi connectivity index (χ3n) is 4.37. The summed E-state index contributed by atoms with van der Waals surface area (Å²) in [7, 11) is 0. The predicted octanol–water partition coefficient (Wildman–Crippen LogP) is 4.73. The van der Waals surface area contributed by atoms with Gasteiger partial charge in [-0.25, -0.2) is 0 Å². The molecule has 0 fully saturated rings. The number of rotatable bonds is 5. The standard InChI is InChI=1S/C22H22O3/c1-3-25-22(17-6-4-16(2)5-7-17,18-8-12-20(23)13-9-18)19-10-14-21(24)15-11-19/h4-15,23-24H,3H2,1-2H3. The fourth-order valence-electron chi connectivity index (χ4n) is 3.15. The maximum absolute atomic E-state index is 9.69. The van der Waals surface area contributed by atoms with E-state index >= 15 is 0 Å². The molecule has 3 aromatic carbocycles. The summed E-state index contributed by atoms with van der Waals surface area (Å²) in [6.45, 7) is 4.52. The van der Waals surface area contributed by atoms with Crippen LogP contribution in [0.15, 0.2) is 72.8 Å². The van der Waals surface area contributed by atoms with E-state index in [1.165, 1.54) is 5.56 Å². The molecule has 0 spiro atoms. The Bertz CT molecular complexity index is 708. The van der Waals surface area contributed by atoms with Crippen LogP contribution in [0.1, 0.15) is 29.2 Å². The fraction of sp³-hybridized carbons (Fsp3) is 0.182. The van der Waals surface area contributed by atoms with E-state index in [1.807, 2.05) is 38.1 Å². The number of aryl methyl sites for hydroxylation is 1. The molecule has 0 unspecified atom stereocenters. The largest absolute Gasteiger partial charge is 0.508 e. The first-order chi connectivity index (χ1) is 12.1. The van der Waals surface area contributed by atoms with Crippen LogP contribution in [0.25, 0.3) is 0 Å². The Hall–Kier alpha value is -2.78. The minimum Gasteiger partial charge on any atom is -0.508 e. The molecule has 0 amide bonds. The summed E-state index contributed by atoms with van der Waals surface area (Å²) in [4.78, 5) is 0. The van der Waals surface area contributed by atoms with Gasteiger partial charge in [0.15, 0.2) is 0 Å². The Labute approximate surface area is 148 Å². The maximum atomic E-state index is 9.69. The number of hydrogen-bond donors (Lipinski definition) is 2. The van der Waals surface area contributed by atoms with Gasteiger partial charge in [0.05, 0.1) is 0 Å². The fourth-order valence-corrected chi connectivity index (χ4v) is 3.15. The van der Waals surface area contributed by atoms with Crippen molar-refractivity contribution in [1.82, 2.24) is 0 Å². The topological polar surface area (TPSA) is 49.7 Å². The molecular formula is C22H22O3. The molecule has 0 aromatic heterocycles. The van der Waals surface area contributed by atoms with E-state index in [9.17, 15) is 10.2 Å². The van der Waals surface area contributed by atoms with Gasteiger partial charge >= 0.3 is 0 Å². The monoisotopic (exact) mass is 334 g/mol. The van der Waals surface area contributed by atoms with Gasteiger partial charge in [0.2, 0.25) is 0 Å². The van der Waals surface area contributed by atoms with Crippen molar-refractivity contribution in [3.63, 3.8) is 0 Å². The number of phenolic OH excluding ortho intramolecular Hbond substituents is 2. The number of ether oxygens (including phenoxy) is 1. The highest BCUT2D eigenvalue weighted by Crippen LogP contribution is 2.41. The van der Waals surface area contributed by atoms with E-state index in [0.29, 0.717) is 6.61 Å². The summed E-state index contributed by atoms with van der Waals surface area (Å²) in [5.74, 6) is 0.424. The Morgan fingerprint density at radius 3 is 1.40 bits per heavy atom. The second kappa shape index (κ2) is 6.99. The van der Waals surface area contributed by atoms with Crippen molar-refractivity contribution in [2.24, 2.45) is 0 Å². The van der Waals surface area contributed by atoms with Crippen LogP contribution in [-0.2, 0) is 10.3 Å². The Morgan fingerprint density at radius 1 is 0.680 bits per heavy atom. The van der Waals surface area contributed by atoms with Gasteiger partial charge in [0.25, 0.3) is 0 Å². The van der Waals surface area contributed by atoms with Crippen molar-refractivity contribution in [1.29, 1.82) is 0 Å². The van der Waals surface area contributed by atoms with Gasteiger partial charge in [-0.2, -0.15) is 0 Å². The average molecular weight is 334 g/mol. The van der Waals surface area contributed by atoms with Crippen LogP contribution in [-0.4, -0.2) is 16.8 Å². The number of aromatic hydroxyl groups is 2. The zero-order chi connectivity index (χ0) is 17.9. The third kappa shape index (κ3) is 3.24. The molecule has 3 nitrogen and oxygen atoms in total. The van der Waals surface area contributed by atoms with E-state index in [0.717, 1.165) is 16.7 Å². The molecule has 0 radical (unpaired) electrons. The third-order valence-corrected chi connectivity index (χ3v) is 4.37. The summed E-state index contributed by atoms with van der Waals surface area (Å²) in [6, 6.07) is 22.4. The van der Waals surface area contributed by atoms with Crippen LogP contribution in [0.3, 0.4) is 0 Å². The summed E-state index contributed by atoms with van der Waals surface area (Å²) < 4.78 is 6.34. The highest BCUT2D eigenvalue weighted by atomic mass is 16.5. The first-order valence-electron chi connectivity index (χ1n) is 8.36. The van der Waals surface area contributed by atoms with Gasteiger partial charge in [-0.15, -0.1) is 0 Å². The van der Waals surface area contributed by atoms with Gasteiger partial charge in [-0.1, -0.05) is 54.1 Å². The molecule has 0 saturated heterocycles. The molecule has 0 saturated carbocycles. The van der Waals surface area contributed by atoms with Gasteiger partial charge in [0, 0.05) is 6.61 Å². The van der Waals surface area contributed by atoms with Crippen LogP contribution in [0, 0.1) is 6.92 Å². The Kier molecular flexibility index (Phi) is 4.77. The Morgan fingerprint density at radius 2 is 1.04 bits per heavy atom. The van der Waals surface area contributed by atoms with Crippen molar-refractivity contribution < 1.29 is 14.9 Å². The van der Waals surface area contributed by atoms with Crippen LogP contribution in [0.2, 0.25) is 0 Å². The van der Waals surface area contributed by atoms with Crippen molar-refractivity contribution in [3.8, 4) is 11.5 Å². The second-order valence-electron chi connectivity index (χ2n) is 6.07. The molecule has 3 aromatic rings. The van der Waals surface area contributed by atoms with Crippen LogP contribution in [0.4, 0.5) is 0 Å². The minimum atomic E-state index is -0.816. The lowest BCUT2D eigenvalue weighted by molar-refractivity contribution is 0.0215. The van der Waals surface area contributed by atoms with Crippen molar-refractivity contribution in [2.45, 2.75) is 19.4 Å². The van der Waals surface area contributed by atoms with Gasteiger partial charge < -0.3 is 14.9 Å². The SMILES string of the molecule is CCOC(c1ccc(C)cc1)(c1ccc(O)cc1)c1ccc(O)cc1. The molecule has 0 aliphatic rings.